The summed E-state index contributed by atoms with van der Waals surface area (Å²) >= 11 is 5.75. The zero-order chi connectivity index (χ0) is 14.9. The van der Waals surface area contributed by atoms with Crippen molar-refractivity contribution in [3.8, 4) is 0 Å². The second kappa shape index (κ2) is 5.54. The van der Waals surface area contributed by atoms with Crippen LogP contribution in [0, 0.1) is 25.5 Å². The Balaban J connectivity index is 2.35. The second-order valence-corrected chi connectivity index (χ2v) is 4.71. The zero-order valence-electron chi connectivity index (χ0n) is 10.8. The fourth-order valence-corrected chi connectivity index (χ4v) is 1.97. The molecule has 1 heterocycles. The third kappa shape index (κ3) is 2.93. The quantitative estimate of drug-likeness (QED) is 0.855. The molecule has 0 spiro atoms. The molecule has 104 valence electrons. The fraction of sp³-hybridized carbons (Fsp3) is 0.143. The van der Waals surface area contributed by atoms with Crippen molar-refractivity contribution in [2.24, 2.45) is 0 Å². The third-order valence-electron chi connectivity index (χ3n) is 2.71. The highest BCUT2D eigenvalue weighted by Crippen LogP contribution is 2.22. The lowest BCUT2D eigenvalue weighted by Crippen LogP contribution is -2.15. The molecule has 1 aromatic heterocycles. The summed E-state index contributed by atoms with van der Waals surface area (Å²) in [5.41, 5.74) is 0.488. The first-order valence-electron chi connectivity index (χ1n) is 5.78. The molecule has 3 nitrogen and oxygen atoms in total. The van der Waals surface area contributed by atoms with Crippen molar-refractivity contribution in [2.45, 2.75) is 13.8 Å². The van der Waals surface area contributed by atoms with Crippen LogP contribution >= 0.6 is 11.6 Å². The van der Waals surface area contributed by atoms with E-state index in [1.807, 2.05) is 0 Å². The van der Waals surface area contributed by atoms with Gasteiger partial charge in [-0.05, 0) is 37.6 Å². The molecule has 0 bridgehead atoms. The van der Waals surface area contributed by atoms with Crippen molar-refractivity contribution in [1.29, 1.82) is 0 Å². The van der Waals surface area contributed by atoms with Crippen molar-refractivity contribution >= 4 is 23.2 Å². The maximum absolute atomic E-state index is 13.8. The van der Waals surface area contributed by atoms with Crippen LogP contribution in [0.5, 0.6) is 0 Å². The molecule has 1 N–H and O–H groups in total. The minimum absolute atomic E-state index is 0.139. The van der Waals surface area contributed by atoms with Gasteiger partial charge in [-0.15, -0.1) is 0 Å². The molecule has 0 saturated heterocycles. The van der Waals surface area contributed by atoms with Crippen molar-refractivity contribution < 1.29 is 13.6 Å². The Labute approximate surface area is 119 Å². The minimum Gasteiger partial charge on any atom is -0.317 e. The summed E-state index contributed by atoms with van der Waals surface area (Å²) in [7, 11) is 0. The number of hydrogen-bond acceptors (Lipinski definition) is 2. The number of benzene rings is 1. The molecule has 0 aliphatic carbocycles. The fourth-order valence-electron chi connectivity index (χ4n) is 1.72. The van der Waals surface area contributed by atoms with Gasteiger partial charge in [0.1, 0.15) is 16.7 Å². The van der Waals surface area contributed by atoms with Crippen molar-refractivity contribution in [3.05, 3.63) is 57.9 Å². The van der Waals surface area contributed by atoms with Gasteiger partial charge < -0.3 is 5.32 Å². The van der Waals surface area contributed by atoms with E-state index in [4.69, 9.17) is 11.6 Å². The Morgan fingerprint density at radius 1 is 1.25 bits per heavy atom. The van der Waals surface area contributed by atoms with E-state index in [1.54, 1.807) is 6.92 Å². The van der Waals surface area contributed by atoms with Gasteiger partial charge in [0.15, 0.2) is 5.82 Å². The number of pyridine rings is 1. The van der Waals surface area contributed by atoms with Crippen LogP contribution in [0.2, 0.25) is 5.15 Å². The Hall–Kier alpha value is -2.01. The van der Waals surface area contributed by atoms with Crippen molar-refractivity contribution in [3.63, 3.8) is 0 Å². The average Bonchev–Trinajstić information content (AvgIpc) is 2.38. The SMILES string of the molecule is Cc1cc(C(=O)Nc2c(F)ccc(C)c2F)cc(Cl)n1. The van der Waals surface area contributed by atoms with Crippen LogP contribution in [-0.4, -0.2) is 10.9 Å². The lowest BCUT2D eigenvalue weighted by molar-refractivity contribution is 0.102. The molecule has 0 aliphatic heterocycles. The zero-order valence-corrected chi connectivity index (χ0v) is 11.6. The highest BCUT2D eigenvalue weighted by atomic mass is 35.5. The molecular weight excluding hydrogens is 286 g/mol. The van der Waals surface area contributed by atoms with E-state index in [0.29, 0.717) is 5.69 Å². The lowest BCUT2D eigenvalue weighted by Gasteiger charge is -2.09. The number of carbonyl (C=O) groups is 1. The first-order valence-corrected chi connectivity index (χ1v) is 6.16. The number of aromatic nitrogens is 1. The van der Waals surface area contributed by atoms with E-state index in [-0.39, 0.29) is 16.3 Å². The largest absolute Gasteiger partial charge is 0.317 e. The number of anilines is 1. The van der Waals surface area contributed by atoms with Crippen LogP contribution in [0.15, 0.2) is 24.3 Å². The molecule has 0 saturated carbocycles. The predicted molar refractivity (Wildman–Crippen MR) is 73.0 cm³/mol. The maximum atomic E-state index is 13.8. The molecule has 6 heteroatoms. The molecule has 0 fully saturated rings. The first-order chi connectivity index (χ1) is 9.38. The first kappa shape index (κ1) is 14.4. The lowest BCUT2D eigenvalue weighted by atomic mass is 10.1. The van der Waals surface area contributed by atoms with Gasteiger partial charge >= 0.3 is 0 Å². The van der Waals surface area contributed by atoms with Gasteiger partial charge in [-0.25, -0.2) is 13.8 Å². The van der Waals surface area contributed by atoms with Crippen LogP contribution in [0.1, 0.15) is 21.6 Å². The molecule has 20 heavy (non-hydrogen) atoms. The molecule has 2 rings (SSSR count). The van der Waals surface area contributed by atoms with E-state index in [1.165, 1.54) is 25.1 Å². The Morgan fingerprint density at radius 3 is 2.60 bits per heavy atom. The molecule has 1 amide bonds. The number of nitrogens with one attached hydrogen (secondary N) is 1. The van der Waals surface area contributed by atoms with E-state index in [0.717, 1.165) is 6.07 Å². The predicted octanol–water partition coefficient (Wildman–Crippen LogP) is 3.88. The van der Waals surface area contributed by atoms with Crippen molar-refractivity contribution in [2.75, 3.05) is 5.32 Å². The van der Waals surface area contributed by atoms with Crippen molar-refractivity contribution in [1.82, 2.24) is 4.98 Å². The van der Waals surface area contributed by atoms with Crippen LogP contribution in [0.3, 0.4) is 0 Å². The van der Waals surface area contributed by atoms with Gasteiger partial charge in [0.05, 0.1) is 0 Å². The number of aryl methyl sites for hydroxylation is 2. The standard InChI is InChI=1S/C14H11ClF2N2O/c1-7-3-4-10(16)13(12(7)17)19-14(20)9-5-8(2)18-11(15)6-9/h3-6H,1-2H3,(H,19,20). The molecule has 0 atom stereocenters. The summed E-state index contributed by atoms with van der Waals surface area (Å²) in [6.45, 7) is 3.15. The molecule has 1 aromatic carbocycles. The van der Waals surface area contributed by atoms with Gasteiger partial charge in [0, 0.05) is 11.3 Å². The Morgan fingerprint density at radius 2 is 1.95 bits per heavy atom. The van der Waals surface area contributed by atoms with Gasteiger partial charge in [0.25, 0.3) is 5.91 Å². The summed E-state index contributed by atoms with van der Waals surface area (Å²) in [5.74, 6) is -2.28. The molecule has 0 radical (unpaired) electrons. The van der Waals surface area contributed by atoms with Crippen LogP contribution in [-0.2, 0) is 0 Å². The average molecular weight is 297 g/mol. The smallest absolute Gasteiger partial charge is 0.255 e. The maximum Gasteiger partial charge on any atom is 0.255 e. The topological polar surface area (TPSA) is 42.0 Å². The third-order valence-corrected chi connectivity index (χ3v) is 2.90. The number of amides is 1. The second-order valence-electron chi connectivity index (χ2n) is 4.33. The number of nitrogens with zero attached hydrogens (tertiary/aromatic N) is 1. The Kier molecular flexibility index (Phi) is 3.99. The molecule has 0 aliphatic rings. The van der Waals surface area contributed by atoms with E-state index in [9.17, 15) is 13.6 Å². The van der Waals surface area contributed by atoms with Gasteiger partial charge in [-0.2, -0.15) is 0 Å². The van der Waals surface area contributed by atoms with Gasteiger partial charge in [-0.3, -0.25) is 4.79 Å². The molecule has 2 aromatic rings. The monoisotopic (exact) mass is 296 g/mol. The normalized spacial score (nSPS) is 10.4. The summed E-state index contributed by atoms with van der Waals surface area (Å²) in [6.07, 6.45) is 0. The van der Waals surface area contributed by atoms with Crippen LogP contribution in [0.25, 0.3) is 0 Å². The van der Waals surface area contributed by atoms with Crippen LogP contribution in [0.4, 0.5) is 14.5 Å². The van der Waals surface area contributed by atoms with E-state index < -0.39 is 23.2 Å². The molecule has 0 unspecified atom stereocenters. The number of carbonyl (C=O) groups excluding carboxylic acids is 1. The molecular formula is C14H11ClF2N2O. The highest BCUT2D eigenvalue weighted by Gasteiger charge is 2.16. The number of halogens is 3. The summed E-state index contributed by atoms with van der Waals surface area (Å²) in [6, 6.07) is 5.20. The number of hydrogen-bond donors (Lipinski definition) is 1. The summed E-state index contributed by atoms with van der Waals surface area (Å²) in [4.78, 5) is 15.9. The van der Waals surface area contributed by atoms with E-state index >= 15 is 0 Å². The number of rotatable bonds is 2. The van der Waals surface area contributed by atoms with E-state index in [2.05, 4.69) is 10.3 Å². The van der Waals surface area contributed by atoms with Gasteiger partial charge in [-0.1, -0.05) is 17.7 Å². The summed E-state index contributed by atoms with van der Waals surface area (Å²) < 4.78 is 27.4. The highest BCUT2D eigenvalue weighted by molar-refractivity contribution is 6.29. The summed E-state index contributed by atoms with van der Waals surface area (Å²) in [5, 5.41) is 2.35. The van der Waals surface area contributed by atoms with Crippen LogP contribution < -0.4 is 5.32 Å². The van der Waals surface area contributed by atoms with Gasteiger partial charge in [0.2, 0.25) is 0 Å². The minimum atomic E-state index is -0.835. The Bertz CT molecular complexity index is 669.